The molecule has 144 valence electrons. The molecule has 0 bridgehead atoms. The number of nitrogens with zero attached hydrogens (tertiary/aromatic N) is 1. The Bertz CT molecular complexity index is 986. The first-order valence-corrected chi connectivity index (χ1v) is 9.76. The third-order valence-electron chi connectivity index (χ3n) is 3.69. The molecular weight excluding hydrogens is 451 g/mol. The Morgan fingerprint density at radius 2 is 2.04 bits per heavy atom. The third-order valence-corrected chi connectivity index (χ3v) is 5.03. The molecule has 0 spiro atoms. The molecule has 0 unspecified atom stereocenters. The van der Waals surface area contributed by atoms with Crippen LogP contribution in [0.15, 0.2) is 56.5 Å². The lowest BCUT2D eigenvalue weighted by molar-refractivity contribution is -0.123. The van der Waals surface area contributed by atoms with Gasteiger partial charge < -0.3 is 9.73 Å². The average Bonchev–Trinajstić information content (AvgIpc) is 3.19. The molecule has 1 saturated heterocycles. The summed E-state index contributed by atoms with van der Waals surface area (Å²) in [4.78, 5) is 37.4. The van der Waals surface area contributed by atoms with Crippen LogP contribution < -0.4 is 5.32 Å². The van der Waals surface area contributed by atoms with E-state index in [1.54, 1.807) is 24.3 Å². The van der Waals surface area contributed by atoms with E-state index in [9.17, 15) is 18.8 Å². The van der Waals surface area contributed by atoms with Crippen molar-refractivity contribution in [3.8, 4) is 0 Å². The van der Waals surface area contributed by atoms with Gasteiger partial charge in [0.15, 0.2) is 4.67 Å². The Kier molecular flexibility index (Phi) is 6.48. The van der Waals surface area contributed by atoms with Crippen molar-refractivity contribution in [1.82, 2.24) is 10.2 Å². The van der Waals surface area contributed by atoms with E-state index in [1.165, 1.54) is 30.4 Å². The van der Waals surface area contributed by atoms with E-state index in [1.807, 2.05) is 0 Å². The zero-order chi connectivity index (χ0) is 20.1. The van der Waals surface area contributed by atoms with Crippen molar-refractivity contribution in [3.63, 3.8) is 0 Å². The van der Waals surface area contributed by atoms with Gasteiger partial charge in [0.25, 0.3) is 11.1 Å². The second-order valence-corrected chi connectivity index (χ2v) is 7.40. The molecule has 0 atom stereocenters. The maximum Gasteiger partial charge on any atom is 0.293 e. The van der Waals surface area contributed by atoms with Crippen molar-refractivity contribution in [3.05, 3.63) is 69.2 Å². The monoisotopic (exact) mass is 464 g/mol. The summed E-state index contributed by atoms with van der Waals surface area (Å²) in [7, 11) is 0. The first-order valence-electron chi connectivity index (χ1n) is 8.15. The molecule has 6 nitrogen and oxygen atoms in total. The molecular formula is C19H14BrFN2O4S. The molecule has 0 aliphatic carbocycles. The molecule has 1 fully saturated rings. The molecule has 1 aromatic carbocycles. The molecule has 3 rings (SSSR count). The second kappa shape index (κ2) is 9.03. The van der Waals surface area contributed by atoms with E-state index < -0.39 is 17.0 Å². The summed E-state index contributed by atoms with van der Waals surface area (Å²) in [6, 6.07) is 9.38. The lowest BCUT2D eigenvalue weighted by Crippen LogP contribution is -2.36. The molecule has 9 heteroatoms. The number of thioether (sulfide) groups is 1. The molecule has 1 aliphatic rings. The predicted octanol–water partition coefficient (Wildman–Crippen LogP) is 4.05. The van der Waals surface area contributed by atoms with Crippen LogP contribution in [0.2, 0.25) is 0 Å². The van der Waals surface area contributed by atoms with Gasteiger partial charge in [-0.05, 0) is 58.0 Å². The Morgan fingerprint density at radius 3 is 2.75 bits per heavy atom. The molecule has 2 heterocycles. The number of furan rings is 1. The van der Waals surface area contributed by atoms with Crippen LogP contribution in [0.25, 0.3) is 12.2 Å². The van der Waals surface area contributed by atoms with Crippen molar-refractivity contribution in [2.75, 3.05) is 13.1 Å². The number of imide groups is 1. The van der Waals surface area contributed by atoms with Crippen LogP contribution in [-0.2, 0) is 9.59 Å². The molecule has 1 aliphatic heterocycles. The van der Waals surface area contributed by atoms with Crippen molar-refractivity contribution in [2.24, 2.45) is 0 Å². The van der Waals surface area contributed by atoms with Gasteiger partial charge in [0.1, 0.15) is 11.6 Å². The SMILES string of the molecule is O=C(/C=C/c1ccc(Br)o1)NCCN1C(=O)S/C(=C\c2ccccc2F)C1=O. The number of amides is 3. The molecule has 0 radical (unpaired) electrons. The van der Waals surface area contributed by atoms with Crippen LogP contribution in [0.4, 0.5) is 9.18 Å². The minimum Gasteiger partial charge on any atom is -0.450 e. The van der Waals surface area contributed by atoms with E-state index in [2.05, 4.69) is 21.2 Å². The largest absolute Gasteiger partial charge is 0.450 e. The summed E-state index contributed by atoms with van der Waals surface area (Å²) >= 11 is 3.90. The predicted molar refractivity (Wildman–Crippen MR) is 108 cm³/mol. The minimum atomic E-state index is -0.511. The number of halogens is 2. The highest BCUT2D eigenvalue weighted by Crippen LogP contribution is 2.32. The zero-order valence-electron chi connectivity index (χ0n) is 14.4. The van der Waals surface area contributed by atoms with Gasteiger partial charge in [-0.25, -0.2) is 4.39 Å². The van der Waals surface area contributed by atoms with Crippen molar-refractivity contribution in [1.29, 1.82) is 0 Å². The fourth-order valence-electron chi connectivity index (χ4n) is 2.35. The van der Waals surface area contributed by atoms with E-state index in [0.717, 1.165) is 16.7 Å². The topological polar surface area (TPSA) is 79.6 Å². The van der Waals surface area contributed by atoms with Gasteiger partial charge in [-0.3, -0.25) is 19.3 Å². The fraction of sp³-hybridized carbons (Fsp3) is 0.105. The van der Waals surface area contributed by atoms with Crippen molar-refractivity contribution in [2.45, 2.75) is 0 Å². The summed E-state index contributed by atoms with van der Waals surface area (Å²) < 4.78 is 19.5. The minimum absolute atomic E-state index is 0.0190. The summed E-state index contributed by atoms with van der Waals surface area (Å²) in [5.74, 6) is -0.868. The highest BCUT2D eigenvalue weighted by Gasteiger charge is 2.34. The Morgan fingerprint density at radius 1 is 1.25 bits per heavy atom. The second-order valence-electron chi connectivity index (χ2n) is 5.62. The summed E-state index contributed by atoms with van der Waals surface area (Å²) in [5.41, 5.74) is 0.232. The van der Waals surface area contributed by atoms with Crippen molar-refractivity contribution < 1.29 is 23.2 Å². The maximum absolute atomic E-state index is 13.7. The van der Waals surface area contributed by atoms with E-state index in [4.69, 9.17) is 4.42 Å². The van der Waals surface area contributed by atoms with Crippen LogP contribution in [-0.4, -0.2) is 35.0 Å². The lowest BCUT2D eigenvalue weighted by Gasteiger charge is -2.12. The highest BCUT2D eigenvalue weighted by molar-refractivity contribution is 9.10. The fourth-order valence-corrected chi connectivity index (χ4v) is 3.53. The standard InChI is InChI=1S/C19H14BrFN2O4S/c20-16-7-5-13(27-16)6-8-17(24)22-9-10-23-18(25)15(28-19(23)26)11-12-3-1-2-4-14(12)21/h1-8,11H,9-10H2,(H,22,24)/b8-6+,15-11-. The first kappa shape index (κ1) is 20.1. The molecule has 0 saturated carbocycles. The van der Waals surface area contributed by atoms with Crippen LogP contribution in [0.1, 0.15) is 11.3 Å². The van der Waals surface area contributed by atoms with E-state index in [-0.39, 0.29) is 29.5 Å². The smallest absolute Gasteiger partial charge is 0.293 e. The number of carbonyl (C=O) groups excluding carboxylic acids is 3. The highest BCUT2D eigenvalue weighted by atomic mass is 79.9. The molecule has 3 amide bonds. The summed E-state index contributed by atoms with van der Waals surface area (Å²) in [6.45, 7) is 0.112. The quantitative estimate of drug-likeness (QED) is 0.652. The Hall–Kier alpha value is -2.65. The Balaban J connectivity index is 1.54. The zero-order valence-corrected chi connectivity index (χ0v) is 16.8. The van der Waals surface area contributed by atoms with Crippen molar-refractivity contribution >= 4 is 56.9 Å². The number of carbonyl (C=O) groups is 3. The third kappa shape index (κ3) is 4.99. The lowest BCUT2D eigenvalue weighted by atomic mass is 10.2. The molecule has 1 aromatic heterocycles. The number of hydrogen-bond donors (Lipinski definition) is 1. The van der Waals surface area contributed by atoms with Gasteiger partial charge in [-0.2, -0.15) is 0 Å². The van der Waals surface area contributed by atoms with Gasteiger partial charge >= 0.3 is 0 Å². The van der Waals surface area contributed by atoms with E-state index in [0.29, 0.717) is 10.4 Å². The summed E-state index contributed by atoms with van der Waals surface area (Å²) in [6.07, 6.45) is 4.14. The molecule has 28 heavy (non-hydrogen) atoms. The van der Waals surface area contributed by atoms with Gasteiger partial charge in [0, 0.05) is 24.7 Å². The Labute approximate surface area is 172 Å². The van der Waals surface area contributed by atoms with Gasteiger partial charge in [-0.1, -0.05) is 18.2 Å². The molecule has 1 N–H and O–H groups in total. The van der Waals surface area contributed by atoms with Crippen LogP contribution in [0.5, 0.6) is 0 Å². The number of rotatable bonds is 6. The van der Waals surface area contributed by atoms with Crippen LogP contribution in [0.3, 0.4) is 0 Å². The number of hydrogen-bond acceptors (Lipinski definition) is 5. The average molecular weight is 465 g/mol. The van der Waals surface area contributed by atoms with E-state index >= 15 is 0 Å². The maximum atomic E-state index is 13.7. The first-order chi connectivity index (χ1) is 13.4. The molecule has 2 aromatic rings. The van der Waals surface area contributed by atoms with Gasteiger partial charge in [0.05, 0.1) is 4.91 Å². The number of nitrogens with one attached hydrogen (secondary N) is 1. The normalized spacial score (nSPS) is 15.8. The van der Waals surface area contributed by atoms with Gasteiger partial charge in [0.2, 0.25) is 5.91 Å². The summed E-state index contributed by atoms with van der Waals surface area (Å²) in [5, 5.41) is 2.13. The van der Waals surface area contributed by atoms with Crippen LogP contribution in [0, 0.1) is 5.82 Å². The number of benzene rings is 1. The van der Waals surface area contributed by atoms with Crippen LogP contribution >= 0.6 is 27.7 Å². The van der Waals surface area contributed by atoms with Gasteiger partial charge in [-0.15, -0.1) is 0 Å².